The van der Waals surface area contributed by atoms with Crippen LogP contribution in [0, 0.1) is 5.82 Å². The van der Waals surface area contributed by atoms with Crippen molar-refractivity contribution in [1.29, 1.82) is 0 Å². The highest BCUT2D eigenvalue weighted by Gasteiger charge is 2.29. The van der Waals surface area contributed by atoms with Crippen LogP contribution in [0.2, 0.25) is 0 Å². The number of hydrogen-bond donors (Lipinski definition) is 1. The molecular weight excluding hydrogens is 421 g/mol. The Hall–Kier alpha value is -3.68. The van der Waals surface area contributed by atoms with E-state index < -0.39 is 5.41 Å². The lowest BCUT2D eigenvalue weighted by atomic mass is 9.81. The Labute approximate surface area is 192 Å². The zero-order valence-electron chi connectivity index (χ0n) is 19.1. The van der Waals surface area contributed by atoms with Gasteiger partial charge in [0.1, 0.15) is 5.82 Å². The van der Waals surface area contributed by atoms with Crippen LogP contribution >= 0.6 is 0 Å². The second-order valence-electron chi connectivity index (χ2n) is 8.70. The lowest BCUT2D eigenvalue weighted by Gasteiger charge is -2.34. The number of rotatable bonds is 4. The van der Waals surface area contributed by atoms with Crippen LogP contribution in [-0.4, -0.2) is 53.0 Å². The Morgan fingerprint density at radius 2 is 1.73 bits per heavy atom. The van der Waals surface area contributed by atoms with Gasteiger partial charge >= 0.3 is 0 Å². The third-order valence-electron chi connectivity index (χ3n) is 6.19. The molecular formula is C25H28FN5O2. The molecule has 4 rings (SSSR count). The number of carbonyl (C=O) groups is 1. The Morgan fingerprint density at radius 3 is 2.36 bits per heavy atom. The second kappa shape index (κ2) is 9.05. The van der Waals surface area contributed by atoms with Gasteiger partial charge in [-0.15, -0.1) is 0 Å². The van der Waals surface area contributed by atoms with Crippen molar-refractivity contribution in [3.63, 3.8) is 0 Å². The molecule has 7 nitrogen and oxygen atoms in total. The normalized spacial score (nSPS) is 15.1. The minimum Gasteiger partial charge on any atom is -0.369 e. The van der Waals surface area contributed by atoms with Gasteiger partial charge in [0.05, 0.1) is 5.69 Å². The molecule has 0 aliphatic carbocycles. The minimum absolute atomic E-state index is 0.0560. The summed E-state index contributed by atoms with van der Waals surface area (Å²) in [5.74, 6) is 0.367. The second-order valence-corrected chi connectivity index (χ2v) is 8.70. The van der Waals surface area contributed by atoms with Crippen LogP contribution in [0.25, 0.3) is 11.1 Å². The van der Waals surface area contributed by atoms with Gasteiger partial charge in [0.25, 0.3) is 5.88 Å². The highest BCUT2D eigenvalue weighted by atomic mass is 19.1. The highest BCUT2D eigenvalue weighted by Crippen LogP contribution is 2.35. The van der Waals surface area contributed by atoms with Gasteiger partial charge in [-0.25, -0.2) is 4.39 Å². The lowest BCUT2D eigenvalue weighted by molar-refractivity contribution is -0.130. The number of halogens is 1. The lowest BCUT2D eigenvalue weighted by Crippen LogP contribution is -2.52. The van der Waals surface area contributed by atoms with E-state index in [1.165, 1.54) is 0 Å². The number of carbonyl (C=O) groups excluding carboxylic acids is 1. The zero-order valence-corrected chi connectivity index (χ0v) is 19.1. The first-order valence-corrected chi connectivity index (χ1v) is 10.9. The van der Waals surface area contributed by atoms with E-state index in [9.17, 15) is 9.18 Å². The predicted octanol–water partition coefficient (Wildman–Crippen LogP) is 3.92. The summed E-state index contributed by atoms with van der Waals surface area (Å²) in [6.45, 7) is 7.89. The van der Waals surface area contributed by atoms with Gasteiger partial charge < -0.3 is 20.1 Å². The van der Waals surface area contributed by atoms with E-state index in [1.807, 2.05) is 55.1 Å². The van der Waals surface area contributed by atoms with Crippen LogP contribution in [0.5, 0.6) is 0 Å². The zero-order chi connectivity index (χ0) is 23.6. The minimum atomic E-state index is -0.602. The SMILES string of the molecule is CC(=O)N1CCN(/C(N)=N\c2cc(C(C)(C)c3ccc(-c4ccccc4)c(F)c3)no2)CC1. The summed E-state index contributed by atoms with van der Waals surface area (Å²) in [7, 11) is 0. The molecule has 0 spiro atoms. The molecule has 0 radical (unpaired) electrons. The van der Waals surface area contributed by atoms with E-state index in [4.69, 9.17) is 10.3 Å². The third-order valence-corrected chi connectivity index (χ3v) is 6.19. The summed E-state index contributed by atoms with van der Waals surface area (Å²) < 4.78 is 20.3. The van der Waals surface area contributed by atoms with Crippen LogP contribution in [0.3, 0.4) is 0 Å². The van der Waals surface area contributed by atoms with Crippen LogP contribution < -0.4 is 5.73 Å². The first-order valence-electron chi connectivity index (χ1n) is 10.9. The van der Waals surface area contributed by atoms with Crippen molar-refractivity contribution in [2.45, 2.75) is 26.2 Å². The third kappa shape index (κ3) is 4.74. The molecule has 0 saturated carbocycles. The molecule has 1 amide bonds. The largest absolute Gasteiger partial charge is 0.369 e. The monoisotopic (exact) mass is 449 g/mol. The molecule has 1 fully saturated rings. The van der Waals surface area contributed by atoms with E-state index in [0.29, 0.717) is 43.4 Å². The molecule has 0 bridgehead atoms. The van der Waals surface area contributed by atoms with Crippen LogP contribution in [0.4, 0.5) is 10.3 Å². The molecule has 2 heterocycles. The maximum atomic E-state index is 14.9. The van der Waals surface area contributed by atoms with Gasteiger partial charge in [0, 0.05) is 50.1 Å². The van der Waals surface area contributed by atoms with E-state index >= 15 is 0 Å². The Balaban J connectivity index is 1.51. The fourth-order valence-electron chi connectivity index (χ4n) is 3.95. The molecule has 1 aromatic heterocycles. The molecule has 8 heteroatoms. The van der Waals surface area contributed by atoms with Crippen molar-refractivity contribution in [1.82, 2.24) is 15.0 Å². The number of piperazine rings is 1. The molecule has 1 aliphatic rings. The molecule has 2 N–H and O–H groups in total. The fourth-order valence-corrected chi connectivity index (χ4v) is 3.95. The standard InChI is InChI=1S/C25H28FN5O2/c1-17(32)30-11-13-31(14-12-30)24(27)28-23-16-22(29-33-23)25(2,3)19-9-10-20(21(26)15-19)18-7-5-4-6-8-18/h4-10,15-16H,11-14H2,1-3H3,(H2,27,28). The predicted molar refractivity (Wildman–Crippen MR) is 126 cm³/mol. The quantitative estimate of drug-likeness (QED) is 0.482. The van der Waals surface area contributed by atoms with Gasteiger partial charge in [0.15, 0.2) is 5.96 Å². The molecule has 172 valence electrons. The smallest absolute Gasteiger partial charge is 0.253 e. The van der Waals surface area contributed by atoms with Crippen molar-refractivity contribution >= 4 is 17.8 Å². The summed E-state index contributed by atoms with van der Waals surface area (Å²) in [5, 5.41) is 4.18. The van der Waals surface area contributed by atoms with Crippen molar-refractivity contribution in [3.8, 4) is 11.1 Å². The van der Waals surface area contributed by atoms with Gasteiger partial charge in [-0.2, -0.15) is 4.99 Å². The Morgan fingerprint density at radius 1 is 1.06 bits per heavy atom. The van der Waals surface area contributed by atoms with Crippen molar-refractivity contribution in [2.75, 3.05) is 26.2 Å². The van der Waals surface area contributed by atoms with E-state index in [2.05, 4.69) is 10.1 Å². The van der Waals surface area contributed by atoms with Gasteiger partial charge in [-0.3, -0.25) is 4.79 Å². The Bertz CT molecular complexity index is 1160. The van der Waals surface area contributed by atoms with Crippen molar-refractivity contribution < 1.29 is 13.7 Å². The number of nitrogens with two attached hydrogens (primary N) is 1. The molecule has 1 saturated heterocycles. The maximum Gasteiger partial charge on any atom is 0.253 e. The highest BCUT2D eigenvalue weighted by molar-refractivity contribution is 5.81. The summed E-state index contributed by atoms with van der Waals surface area (Å²) in [6.07, 6.45) is 0. The fraction of sp³-hybridized carbons (Fsp3) is 0.320. The summed E-state index contributed by atoms with van der Waals surface area (Å²) in [4.78, 5) is 19.5. The van der Waals surface area contributed by atoms with Gasteiger partial charge in [0.2, 0.25) is 5.91 Å². The van der Waals surface area contributed by atoms with Crippen LogP contribution in [0.15, 0.2) is 64.1 Å². The van der Waals surface area contributed by atoms with Gasteiger partial charge in [-0.05, 0) is 17.2 Å². The summed E-state index contributed by atoms with van der Waals surface area (Å²) in [6, 6.07) is 16.4. The molecule has 0 atom stereocenters. The van der Waals surface area contributed by atoms with Crippen molar-refractivity contribution in [2.24, 2.45) is 10.7 Å². The van der Waals surface area contributed by atoms with E-state index in [1.54, 1.807) is 30.0 Å². The van der Waals surface area contributed by atoms with E-state index in [-0.39, 0.29) is 17.6 Å². The van der Waals surface area contributed by atoms with Crippen LogP contribution in [-0.2, 0) is 10.2 Å². The number of guanidine groups is 1. The summed E-state index contributed by atoms with van der Waals surface area (Å²) >= 11 is 0. The topological polar surface area (TPSA) is 88.0 Å². The molecule has 33 heavy (non-hydrogen) atoms. The first kappa shape index (κ1) is 22.5. The number of aromatic nitrogens is 1. The molecule has 1 aliphatic heterocycles. The number of hydrogen-bond acceptors (Lipinski definition) is 4. The number of nitrogens with zero attached hydrogens (tertiary/aromatic N) is 4. The van der Waals surface area contributed by atoms with E-state index in [0.717, 1.165) is 11.1 Å². The average Bonchev–Trinajstić information content (AvgIpc) is 3.29. The number of benzene rings is 2. The molecule has 3 aromatic rings. The molecule has 0 unspecified atom stereocenters. The van der Waals surface area contributed by atoms with Gasteiger partial charge in [-0.1, -0.05) is 61.5 Å². The first-order chi connectivity index (χ1) is 15.8. The maximum absolute atomic E-state index is 14.9. The summed E-state index contributed by atoms with van der Waals surface area (Å²) in [5.41, 5.74) is 8.34. The average molecular weight is 450 g/mol. The number of amides is 1. The Kier molecular flexibility index (Phi) is 6.18. The van der Waals surface area contributed by atoms with Crippen molar-refractivity contribution in [3.05, 3.63) is 71.7 Å². The number of aliphatic imine (C=N–C) groups is 1. The van der Waals surface area contributed by atoms with Crippen LogP contribution in [0.1, 0.15) is 32.0 Å². The molecule has 2 aromatic carbocycles.